The van der Waals surface area contributed by atoms with E-state index in [1.165, 1.54) is 12.8 Å². The standard InChI is InChI=1S/C23H36N4O3/c1-23(2,3)25-22(29)27-15-13-26(14-16-27)20(17-7-5-6-8-17)21(28)24-18-9-11-19(30-4)12-10-18/h9-12,17,20H,5-8,13-16H2,1-4H3,(H,24,28)(H,25,29). The van der Waals surface area contributed by atoms with Crippen molar-refractivity contribution in [2.75, 3.05) is 38.6 Å². The summed E-state index contributed by atoms with van der Waals surface area (Å²) in [5.74, 6) is 1.20. The van der Waals surface area contributed by atoms with E-state index in [0.717, 1.165) is 37.4 Å². The summed E-state index contributed by atoms with van der Waals surface area (Å²) in [5, 5.41) is 6.14. The molecular weight excluding hydrogens is 380 g/mol. The van der Waals surface area contributed by atoms with Crippen LogP contribution in [-0.4, -0.2) is 66.6 Å². The van der Waals surface area contributed by atoms with Crippen LogP contribution in [0.4, 0.5) is 10.5 Å². The summed E-state index contributed by atoms with van der Waals surface area (Å²) < 4.78 is 5.20. The number of methoxy groups -OCH3 is 1. The Morgan fingerprint density at radius 2 is 1.63 bits per heavy atom. The first-order valence-electron chi connectivity index (χ1n) is 11.0. The quantitative estimate of drug-likeness (QED) is 0.772. The van der Waals surface area contributed by atoms with Crippen molar-refractivity contribution in [3.8, 4) is 5.75 Å². The maximum Gasteiger partial charge on any atom is 0.317 e. The van der Waals surface area contributed by atoms with Gasteiger partial charge in [-0.3, -0.25) is 9.69 Å². The average Bonchev–Trinajstić information content (AvgIpc) is 3.22. The molecule has 3 amide bonds. The largest absolute Gasteiger partial charge is 0.497 e. The number of hydrogen-bond acceptors (Lipinski definition) is 4. The van der Waals surface area contributed by atoms with E-state index in [1.54, 1.807) is 7.11 Å². The van der Waals surface area contributed by atoms with Crippen LogP contribution in [0.3, 0.4) is 0 Å². The Morgan fingerprint density at radius 3 is 2.17 bits per heavy atom. The first-order chi connectivity index (χ1) is 14.3. The number of nitrogens with one attached hydrogen (secondary N) is 2. The minimum Gasteiger partial charge on any atom is -0.497 e. The zero-order chi connectivity index (χ0) is 21.7. The van der Waals surface area contributed by atoms with E-state index in [1.807, 2.05) is 49.9 Å². The van der Waals surface area contributed by atoms with Crippen LogP contribution in [0.15, 0.2) is 24.3 Å². The minimum absolute atomic E-state index is 0.0257. The molecule has 1 aliphatic heterocycles. The SMILES string of the molecule is COc1ccc(NC(=O)C(C2CCCC2)N2CCN(C(=O)NC(C)(C)C)CC2)cc1. The number of piperazine rings is 1. The second-order valence-corrected chi connectivity index (χ2v) is 9.41. The molecule has 1 saturated carbocycles. The van der Waals surface area contributed by atoms with Gasteiger partial charge in [0, 0.05) is 37.4 Å². The highest BCUT2D eigenvalue weighted by Crippen LogP contribution is 2.32. The van der Waals surface area contributed by atoms with Crippen molar-refractivity contribution in [2.45, 2.75) is 58.0 Å². The zero-order valence-electron chi connectivity index (χ0n) is 18.7. The molecule has 0 spiro atoms. The first kappa shape index (κ1) is 22.4. The molecule has 7 heteroatoms. The fraction of sp³-hybridized carbons (Fsp3) is 0.652. The Kier molecular flexibility index (Phi) is 7.23. The number of anilines is 1. The van der Waals surface area contributed by atoms with Gasteiger partial charge in [0.15, 0.2) is 0 Å². The number of carbonyl (C=O) groups is 2. The highest BCUT2D eigenvalue weighted by Gasteiger charge is 2.37. The van der Waals surface area contributed by atoms with E-state index in [9.17, 15) is 9.59 Å². The molecule has 30 heavy (non-hydrogen) atoms. The highest BCUT2D eigenvalue weighted by atomic mass is 16.5. The first-order valence-corrected chi connectivity index (χ1v) is 11.0. The molecule has 1 aromatic carbocycles. The van der Waals surface area contributed by atoms with Crippen LogP contribution in [0.1, 0.15) is 46.5 Å². The third-order valence-electron chi connectivity index (χ3n) is 5.95. The van der Waals surface area contributed by atoms with Gasteiger partial charge in [-0.15, -0.1) is 0 Å². The van der Waals surface area contributed by atoms with Gasteiger partial charge in [-0.1, -0.05) is 12.8 Å². The van der Waals surface area contributed by atoms with Gasteiger partial charge in [-0.2, -0.15) is 0 Å². The molecule has 1 aliphatic carbocycles. The third kappa shape index (κ3) is 5.88. The predicted octanol–water partition coefficient (Wildman–Crippen LogP) is 3.32. The van der Waals surface area contributed by atoms with Crippen LogP contribution in [0, 0.1) is 5.92 Å². The van der Waals surface area contributed by atoms with Gasteiger partial charge in [-0.05, 0) is 63.8 Å². The highest BCUT2D eigenvalue weighted by molar-refractivity contribution is 5.95. The summed E-state index contributed by atoms with van der Waals surface area (Å²) >= 11 is 0. The fourth-order valence-corrected chi connectivity index (χ4v) is 4.44. The molecule has 7 nitrogen and oxygen atoms in total. The second-order valence-electron chi connectivity index (χ2n) is 9.41. The smallest absolute Gasteiger partial charge is 0.317 e. The lowest BCUT2D eigenvalue weighted by Gasteiger charge is -2.41. The Labute approximate surface area is 180 Å². The second kappa shape index (κ2) is 9.69. The van der Waals surface area contributed by atoms with Crippen molar-refractivity contribution >= 4 is 17.6 Å². The van der Waals surface area contributed by atoms with Crippen molar-refractivity contribution in [3.63, 3.8) is 0 Å². The minimum atomic E-state index is -0.251. The van der Waals surface area contributed by atoms with Crippen LogP contribution in [0.5, 0.6) is 5.75 Å². The van der Waals surface area contributed by atoms with E-state index < -0.39 is 0 Å². The molecule has 1 saturated heterocycles. The number of ether oxygens (including phenoxy) is 1. The lowest BCUT2D eigenvalue weighted by molar-refractivity contribution is -0.123. The summed E-state index contributed by atoms with van der Waals surface area (Å²) in [6.07, 6.45) is 4.55. The molecule has 1 unspecified atom stereocenters. The average molecular weight is 417 g/mol. The lowest BCUT2D eigenvalue weighted by atomic mass is 9.95. The van der Waals surface area contributed by atoms with Crippen molar-refractivity contribution in [1.82, 2.24) is 15.1 Å². The van der Waals surface area contributed by atoms with Gasteiger partial charge >= 0.3 is 6.03 Å². The molecule has 3 rings (SSSR count). The summed E-state index contributed by atoms with van der Waals surface area (Å²) in [4.78, 5) is 29.9. The molecule has 0 bridgehead atoms. The van der Waals surface area contributed by atoms with E-state index in [4.69, 9.17) is 4.74 Å². The number of benzene rings is 1. The molecule has 2 aliphatic rings. The van der Waals surface area contributed by atoms with Crippen LogP contribution in [0.25, 0.3) is 0 Å². The molecule has 0 aromatic heterocycles. The molecule has 166 valence electrons. The van der Waals surface area contributed by atoms with Gasteiger partial charge in [0.05, 0.1) is 13.2 Å². The number of carbonyl (C=O) groups excluding carboxylic acids is 2. The van der Waals surface area contributed by atoms with E-state index in [-0.39, 0.29) is 23.5 Å². The molecule has 2 fully saturated rings. The van der Waals surface area contributed by atoms with Crippen molar-refractivity contribution in [2.24, 2.45) is 5.92 Å². The van der Waals surface area contributed by atoms with Crippen molar-refractivity contribution in [1.29, 1.82) is 0 Å². The molecular formula is C23H36N4O3. The van der Waals surface area contributed by atoms with E-state index in [2.05, 4.69) is 15.5 Å². The maximum atomic E-state index is 13.3. The number of nitrogens with zero attached hydrogens (tertiary/aromatic N) is 2. The summed E-state index contributed by atoms with van der Waals surface area (Å²) in [5.41, 5.74) is 0.533. The topological polar surface area (TPSA) is 73.9 Å². The van der Waals surface area contributed by atoms with Crippen LogP contribution in [0.2, 0.25) is 0 Å². The van der Waals surface area contributed by atoms with Gasteiger partial charge < -0.3 is 20.3 Å². The lowest BCUT2D eigenvalue weighted by Crippen LogP contribution is -2.59. The number of urea groups is 1. The van der Waals surface area contributed by atoms with Gasteiger partial charge in [0.1, 0.15) is 5.75 Å². The Bertz CT molecular complexity index is 715. The normalized spacial score (nSPS) is 19.4. The number of hydrogen-bond donors (Lipinski definition) is 2. The summed E-state index contributed by atoms with van der Waals surface area (Å²) in [6, 6.07) is 7.28. The zero-order valence-corrected chi connectivity index (χ0v) is 18.7. The predicted molar refractivity (Wildman–Crippen MR) is 119 cm³/mol. The monoisotopic (exact) mass is 416 g/mol. The van der Waals surface area contributed by atoms with Crippen LogP contribution in [-0.2, 0) is 4.79 Å². The van der Waals surface area contributed by atoms with E-state index in [0.29, 0.717) is 19.0 Å². The molecule has 1 aromatic rings. The third-order valence-corrected chi connectivity index (χ3v) is 5.95. The van der Waals surface area contributed by atoms with Gasteiger partial charge in [-0.25, -0.2) is 4.79 Å². The number of amides is 3. The van der Waals surface area contributed by atoms with Crippen molar-refractivity contribution in [3.05, 3.63) is 24.3 Å². The molecule has 0 radical (unpaired) electrons. The Morgan fingerprint density at radius 1 is 1.03 bits per heavy atom. The van der Waals surface area contributed by atoms with Crippen LogP contribution >= 0.6 is 0 Å². The summed E-state index contributed by atoms with van der Waals surface area (Å²) in [6.45, 7) is 8.67. The number of rotatable bonds is 5. The fourth-order valence-electron chi connectivity index (χ4n) is 4.44. The maximum absolute atomic E-state index is 13.3. The van der Waals surface area contributed by atoms with Crippen LogP contribution < -0.4 is 15.4 Å². The van der Waals surface area contributed by atoms with Gasteiger partial charge in [0.2, 0.25) is 5.91 Å². The molecule has 2 N–H and O–H groups in total. The van der Waals surface area contributed by atoms with E-state index >= 15 is 0 Å². The summed E-state index contributed by atoms with van der Waals surface area (Å²) in [7, 11) is 1.63. The Balaban J connectivity index is 1.64. The van der Waals surface area contributed by atoms with Crippen molar-refractivity contribution < 1.29 is 14.3 Å². The molecule has 1 atom stereocenters. The Hall–Kier alpha value is -2.28. The van der Waals surface area contributed by atoms with Gasteiger partial charge in [0.25, 0.3) is 0 Å². The molecule has 1 heterocycles.